The minimum absolute atomic E-state index is 0. The zero-order valence-electron chi connectivity index (χ0n) is 44.7. The highest BCUT2D eigenvalue weighted by Crippen LogP contribution is 2.39. The van der Waals surface area contributed by atoms with Crippen LogP contribution in [0.5, 0.6) is 0 Å². The van der Waals surface area contributed by atoms with E-state index in [0.717, 1.165) is 0 Å². The zero-order chi connectivity index (χ0) is 52.1. The largest absolute Gasteiger partial charge is 0.0776 e. The number of hydrogen-bond acceptors (Lipinski definition) is 0. The fraction of sp³-hybridized carbons (Fsp3) is 0.158. The Morgan fingerprint density at radius 3 is 1.22 bits per heavy atom. The van der Waals surface area contributed by atoms with Gasteiger partial charge in [-0.05, 0) is 140 Å². The summed E-state index contributed by atoms with van der Waals surface area (Å²) in [5.74, 6) is 0.913. The molecule has 8 rings (SSSR count). The molecule has 0 aromatic heterocycles. The van der Waals surface area contributed by atoms with E-state index in [0.29, 0.717) is 11.8 Å². The second kappa shape index (κ2) is 30.1. The van der Waals surface area contributed by atoms with E-state index in [2.05, 4.69) is 310 Å². The number of allylic oxidation sites excluding steroid dienone is 36. The molecule has 0 amide bonds. The van der Waals surface area contributed by atoms with Gasteiger partial charge in [0.05, 0.1) is 0 Å². The molecular formula is C76H80. The van der Waals surface area contributed by atoms with Crippen molar-refractivity contribution < 1.29 is 0 Å². The Morgan fingerprint density at radius 1 is 0.342 bits per heavy atom. The van der Waals surface area contributed by atoms with Crippen LogP contribution >= 0.6 is 0 Å². The SMILES string of the molecule is C.C.CC1=C2C(C)=C(/C=C/C=Cc3ccccc3)C=CC(/C=C/C=C/c3ccccc3)=C2C=C(C(C)C)C=C1.CC1=CC=C(C(C)C)C=C2C(/C=C/C=C/c3ccccc3)=CC=C(/C=C/C=Cc3ccccc3)C(C)=C12. The lowest BCUT2D eigenvalue weighted by Crippen LogP contribution is -1.99. The van der Waals surface area contributed by atoms with Gasteiger partial charge in [0.15, 0.2) is 0 Å². The Bertz CT molecular complexity index is 3250. The van der Waals surface area contributed by atoms with Gasteiger partial charge >= 0.3 is 0 Å². The normalized spacial score (nSPS) is 16.2. The van der Waals surface area contributed by atoms with E-state index in [4.69, 9.17) is 0 Å². The Morgan fingerprint density at radius 2 is 0.750 bits per heavy atom. The summed E-state index contributed by atoms with van der Waals surface area (Å²) in [6.45, 7) is 18.0. The first-order chi connectivity index (χ1) is 36.0. The van der Waals surface area contributed by atoms with Crippen LogP contribution in [0.3, 0.4) is 0 Å². The maximum Gasteiger partial charge on any atom is -0.0103 e. The molecule has 0 bridgehead atoms. The molecule has 76 heavy (non-hydrogen) atoms. The molecule has 0 N–H and O–H groups in total. The summed E-state index contributed by atoms with van der Waals surface area (Å²) in [7, 11) is 0. The first-order valence-corrected chi connectivity index (χ1v) is 26.1. The summed E-state index contributed by atoms with van der Waals surface area (Å²) in [4.78, 5) is 0. The first kappa shape index (κ1) is 58.6. The maximum atomic E-state index is 2.38. The highest BCUT2D eigenvalue weighted by atomic mass is 14.3. The van der Waals surface area contributed by atoms with E-state index < -0.39 is 0 Å². The van der Waals surface area contributed by atoms with Crippen molar-refractivity contribution in [3.05, 3.63) is 355 Å². The third-order valence-corrected chi connectivity index (χ3v) is 13.4. The van der Waals surface area contributed by atoms with Crippen LogP contribution in [0.25, 0.3) is 24.3 Å². The van der Waals surface area contributed by atoms with Crippen molar-refractivity contribution in [1.82, 2.24) is 0 Å². The lowest BCUT2D eigenvalue weighted by Gasteiger charge is -2.17. The van der Waals surface area contributed by atoms with Crippen molar-refractivity contribution in [2.75, 3.05) is 0 Å². The van der Waals surface area contributed by atoms with E-state index in [-0.39, 0.29) is 14.9 Å². The summed E-state index contributed by atoms with van der Waals surface area (Å²) in [6, 6.07) is 41.7. The molecule has 0 aliphatic heterocycles. The summed E-state index contributed by atoms with van der Waals surface area (Å²) >= 11 is 0. The summed E-state index contributed by atoms with van der Waals surface area (Å²) in [5, 5.41) is 0. The second-order valence-electron chi connectivity index (χ2n) is 19.5. The van der Waals surface area contributed by atoms with Gasteiger partial charge in [-0.15, -0.1) is 0 Å². The van der Waals surface area contributed by atoms with Crippen LogP contribution in [0.1, 0.15) is 92.5 Å². The van der Waals surface area contributed by atoms with Crippen LogP contribution in [0.2, 0.25) is 0 Å². The van der Waals surface area contributed by atoms with Gasteiger partial charge < -0.3 is 0 Å². The minimum atomic E-state index is 0. The predicted octanol–water partition coefficient (Wildman–Crippen LogP) is 21.6. The molecule has 0 spiro atoms. The monoisotopic (exact) mass is 993 g/mol. The lowest BCUT2D eigenvalue weighted by molar-refractivity contribution is 0.791. The van der Waals surface area contributed by atoms with Crippen LogP contribution in [0.15, 0.2) is 333 Å². The molecule has 0 unspecified atom stereocenters. The highest BCUT2D eigenvalue weighted by molar-refractivity contribution is 5.72. The van der Waals surface area contributed by atoms with Crippen LogP contribution in [-0.4, -0.2) is 0 Å². The van der Waals surface area contributed by atoms with Crippen LogP contribution in [-0.2, 0) is 0 Å². The Labute approximate surface area is 459 Å². The van der Waals surface area contributed by atoms with E-state index in [1.807, 2.05) is 24.3 Å². The molecule has 0 saturated heterocycles. The van der Waals surface area contributed by atoms with Crippen molar-refractivity contribution in [3.63, 3.8) is 0 Å². The smallest absolute Gasteiger partial charge is 0.0103 e. The average Bonchev–Trinajstić information content (AvgIpc) is 3.83. The van der Waals surface area contributed by atoms with Crippen molar-refractivity contribution in [2.45, 2.75) is 70.2 Å². The van der Waals surface area contributed by atoms with Crippen LogP contribution < -0.4 is 0 Å². The van der Waals surface area contributed by atoms with Gasteiger partial charge in [0.2, 0.25) is 0 Å². The van der Waals surface area contributed by atoms with Gasteiger partial charge in [-0.25, -0.2) is 0 Å². The molecule has 384 valence electrons. The van der Waals surface area contributed by atoms with Gasteiger partial charge in [0.25, 0.3) is 0 Å². The van der Waals surface area contributed by atoms with Gasteiger partial charge in [0, 0.05) is 0 Å². The average molecular weight is 993 g/mol. The predicted molar refractivity (Wildman–Crippen MR) is 339 cm³/mol. The van der Waals surface area contributed by atoms with Crippen molar-refractivity contribution >= 4 is 24.3 Å². The summed E-state index contributed by atoms with van der Waals surface area (Å²) < 4.78 is 0. The van der Waals surface area contributed by atoms with E-state index in [1.165, 1.54) is 100 Å². The quantitative estimate of drug-likeness (QED) is 0.110. The molecule has 4 aliphatic rings. The molecule has 0 fully saturated rings. The van der Waals surface area contributed by atoms with Gasteiger partial charge in [-0.2, -0.15) is 0 Å². The van der Waals surface area contributed by atoms with Crippen molar-refractivity contribution in [1.29, 1.82) is 0 Å². The first-order valence-electron chi connectivity index (χ1n) is 26.1. The molecule has 4 aromatic carbocycles. The van der Waals surface area contributed by atoms with Crippen molar-refractivity contribution in [3.8, 4) is 0 Å². The fourth-order valence-corrected chi connectivity index (χ4v) is 9.07. The highest BCUT2D eigenvalue weighted by Gasteiger charge is 2.21. The van der Waals surface area contributed by atoms with E-state index in [1.54, 1.807) is 0 Å². The minimum Gasteiger partial charge on any atom is -0.0776 e. The number of benzene rings is 4. The molecule has 0 heteroatoms. The Hall–Kier alpha value is -8.32. The van der Waals surface area contributed by atoms with Crippen LogP contribution in [0, 0.1) is 11.8 Å². The second-order valence-corrected chi connectivity index (χ2v) is 19.5. The third kappa shape index (κ3) is 16.9. The summed E-state index contributed by atoms with van der Waals surface area (Å²) in [5.41, 5.74) is 22.8. The van der Waals surface area contributed by atoms with Crippen molar-refractivity contribution in [2.24, 2.45) is 11.8 Å². The molecule has 0 heterocycles. The Kier molecular flexibility index (Phi) is 23.2. The Balaban J connectivity index is 0.000000274. The maximum absolute atomic E-state index is 2.38. The molecule has 0 radical (unpaired) electrons. The molecule has 0 atom stereocenters. The number of hydrogen-bond donors (Lipinski definition) is 0. The summed E-state index contributed by atoms with van der Waals surface area (Å²) in [6.07, 6.45) is 57.4. The topological polar surface area (TPSA) is 0 Å². The fourth-order valence-electron chi connectivity index (χ4n) is 9.07. The van der Waals surface area contributed by atoms with Gasteiger partial charge in [0.1, 0.15) is 0 Å². The molecular weight excluding hydrogens is 913 g/mol. The number of rotatable bonds is 14. The lowest BCUT2D eigenvalue weighted by atomic mass is 9.87. The van der Waals surface area contributed by atoms with E-state index in [9.17, 15) is 0 Å². The zero-order valence-corrected chi connectivity index (χ0v) is 44.7. The standard InChI is InChI=1S/2C37H36.2CH4/c2*1-28(2)35-24-23-29(3)37-30(4)33(21-13-11-19-31-15-7-5-8-16-31)25-26-34(36(37)27-35)22-14-12-20-32-17-9-6-10-18-32;;/h2*5-28H,1-4H3;2*1H4/b2*19-11?,20-12+,21-13+,22-14+;;. The van der Waals surface area contributed by atoms with Gasteiger partial charge in [-0.1, -0.05) is 322 Å². The molecule has 4 aliphatic carbocycles. The molecule has 0 saturated carbocycles. The van der Waals surface area contributed by atoms with Crippen LogP contribution in [0.4, 0.5) is 0 Å². The molecule has 4 aromatic rings. The van der Waals surface area contributed by atoms with E-state index >= 15 is 0 Å². The number of fused-ring (bicyclic) bond motifs is 2. The molecule has 0 nitrogen and oxygen atoms in total. The third-order valence-electron chi connectivity index (χ3n) is 13.4. The van der Waals surface area contributed by atoms with Gasteiger partial charge in [-0.3, -0.25) is 0 Å².